The number of fused-ring (bicyclic) bond motifs is 1. The topological polar surface area (TPSA) is 81.6 Å². The van der Waals surface area contributed by atoms with Gasteiger partial charge in [-0.1, -0.05) is 51.1 Å². The third-order valence-corrected chi connectivity index (χ3v) is 8.88. The Bertz CT molecular complexity index is 2130. The predicted molar refractivity (Wildman–Crippen MR) is 190 cm³/mol. The SMILES string of the molecule is COc1ccc(Cn2cc(-c3cc4n(-c5cc(NC(=O)c6cc(CN7C=CCC7)cc(C(C)(C)C)c6)ccc5C)ccn4n3)cn2)cc1. The van der Waals surface area contributed by atoms with E-state index in [-0.39, 0.29) is 11.3 Å². The highest BCUT2D eigenvalue weighted by atomic mass is 16.5. The van der Waals surface area contributed by atoms with Crippen LogP contribution in [0.4, 0.5) is 5.69 Å². The first-order valence-corrected chi connectivity index (χ1v) is 16.3. The number of amides is 1. The number of methoxy groups -OCH3 is 1. The molecule has 0 bridgehead atoms. The summed E-state index contributed by atoms with van der Waals surface area (Å²) in [6.07, 6.45) is 13.2. The highest BCUT2D eigenvalue weighted by Gasteiger charge is 2.20. The van der Waals surface area contributed by atoms with Crippen LogP contribution in [0.15, 0.2) is 104 Å². The minimum absolute atomic E-state index is 0.0813. The molecule has 9 heteroatoms. The molecule has 0 aliphatic carbocycles. The first kappa shape index (κ1) is 31.1. The summed E-state index contributed by atoms with van der Waals surface area (Å²) in [5.41, 5.74) is 9.48. The molecule has 1 N–H and O–H groups in total. The monoisotopic (exact) mass is 639 g/mol. The molecule has 3 aromatic carbocycles. The Morgan fingerprint density at radius 3 is 2.54 bits per heavy atom. The van der Waals surface area contributed by atoms with Gasteiger partial charge in [-0.3, -0.25) is 14.0 Å². The van der Waals surface area contributed by atoms with Crippen LogP contribution in [0.2, 0.25) is 0 Å². The van der Waals surface area contributed by atoms with E-state index < -0.39 is 0 Å². The number of hydrogen-bond acceptors (Lipinski definition) is 5. The quantitative estimate of drug-likeness (QED) is 0.176. The van der Waals surface area contributed by atoms with Gasteiger partial charge in [-0.05, 0) is 83.6 Å². The number of ether oxygens (including phenoxy) is 1. The van der Waals surface area contributed by atoms with E-state index in [0.717, 1.165) is 75.8 Å². The molecule has 6 aromatic rings. The Kier molecular flexibility index (Phi) is 8.12. The Balaban J connectivity index is 1.12. The smallest absolute Gasteiger partial charge is 0.255 e. The van der Waals surface area contributed by atoms with Crippen LogP contribution in [-0.2, 0) is 18.5 Å². The van der Waals surface area contributed by atoms with Crippen LogP contribution in [0.1, 0.15) is 59.8 Å². The summed E-state index contributed by atoms with van der Waals surface area (Å²) in [5, 5.41) is 12.6. The summed E-state index contributed by atoms with van der Waals surface area (Å²) in [5.74, 6) is 0.712. The zero-order chi connectivity index (χ0) is 33.4. The van der Waals surface area contributed by atoms with Crippen molar-refractivity contribution in [3.8, 4) is 22.7 Å². The standard InChI is InChI=1S/C39H41N7O2/c1-27-8-11-33(41-38(47)30-18-29(24-43-14-6-7-15-43)19-32(20-30)39(2,3)4)21-36(27)45-16-17-46-37(45)22-35(42-46)31-23-40-44(26-31)25-28-9-12-34(48-5)13-10-28/h6,8-14,16-23,26H,7,15,24-25H2,1-5H3,(H,41,47). The number of hydrogen-bond donors (Lipinski definition) is 1. The first-order chi connectivity index (χ1) is 23.1. The lowest BCUT2D eigenvalue weighted by atomic mass is 9.85. The van der Waals surface area contributed by atoms with Gasteiger partial charge in [-0.2, -0.15) is 10.2 Å². The number of rotatable bonds is 9. The number of anilines is 1. The van der Waals surface area contributed by atoms with Gasteiger partial charge in [0.05, 0.1) is 31.2 Å². The Morgan fingerprint density at radius 2 is 1.79 bits per heavy atom. The normalized spacial score (nSPS) is 13.1. The highest BCUT2D eigenvalue weighted by molar-refractivity contribution is 6.04. The molecule has 4 heterocycles. The number of aromatic nitrogens is 5. The molecule has 0 unspecified atom stereocenters. The molecule has 1 amide bonds. The van der Waals surface area contributed by atoms with Gasteiger partial charge in [-0.25, -0.2) is 4.52 Å². The number of imidazole rings is 1. The molecule has 0 spiro atoms. The molecular formula is C39H41N7O2. The molecule has 48 heavy (non-hydrogen) atoms. The minimum atomic E-state index is -0.120. The predicted octanol–water partition coefficient (Wildman–Crippen LogP) is 7.62. The van der Waals surface area contributed by atoms with E-state index in [1.807, 2.05) is 88.6 Å². The Hall–Kier alpha value is -5.57. The largest absolute Gasteiger partial charge is 0.497 e. The Labute approximate surface area is 281 Å². The van der Waals surface area contributed by atoms with Crippen LogP contribution in [-0.4, -0.2) is 48.4 Å². The second-order valence-corrected chi connectivity index (χ2v) is 13.5. The van der Waals surface area contributed by atoms with Crippen molar-refractivity contribution in [3.63, 3.8) is 0 Å². The lowest BCUT2D eigenvalue weighted by Crippen LogP contribution is -2.19. The van der Waals surface area contributed by atoms with Crippen LogP contribution in [0, 0.1) is 6.92 Å². The van der Waals surface area contributed by atoms with E-state index in [2.05, 4.69) is 72.0 Å². The fourth-order valence-corrected chi connectivity index (χ4v) is 6.13. The second kappa shape index (κ2) is 12.6. The van der Waals surface area contributed by atoms with E-state index >= 15 is 0 Å². The van der Waals surface area contributed by atoms with E-state index in [0.29, 0.717) is 12.1 Å². The van der Waals surface area contributed by atoms with Gasteiger partial charge in [0.15, 0.2) is 0 Å². The summed E-state index contributed by atoms with van der Waals surface area (Å²) in [7, 11) is 1.67. The molecule has 7 rings (SSSR count). The molecule has 3 aromatic heterocycles. The van der Waals surface area contributed by atoms with Gasteiger partial charge in [0.1, 0.15) is 11.4 Å². The minimum Gasteiger partial charge on any atom is -0.497 e. The molecule has 1 aliphatic heterocycles. The molecule has 0 atom stereocenters. The number of carbonyl (C=O) groups excluding carboxylic acids is 1. The summed E-state index contributed by atoms with van der Waals surface area (Å²) in [4.78, 5) is 16.0. The van der Waals surface area contributed by atoms with Crippen LogP contribution in [0.3, 0.4) is 0 Å². The maximum atomic E-state index is 13.7. The highest BCUT2D eigenvalue weighted by Crippen LogP contribution is 2.28. The number of carbonyl (C=O) groups is 1. The molecule has 0 saturated heterocycles. The van der Waals surface area contributed by atoms with E-state index in [9.17, 15) is 4.79 Å². The molecule has 1 aliphatic rings. The van der Waals surface area contributed by atoms with Gasteiger partial charge in [0.25, 0.3) is 5.91 Å². The maximum absolute atomic E-state index is 13.7. The van der Waals surface area contributed by atoms with Gasteiger partial charge >= 0.3 is 0 Å². The van der Waals surface area contributed by atoms with Crippen LogP contribution >= 0.6 is 0 Å². The van der Waals surface area contributed by atoms with Gasteiger partial charge in [-0.15, -0.1) is 0 Å². The summed E-state index contributed by atoms with van der Waals surface area (Å²) >= 11 is 0. The third-order valence-electron chi connectivity index (χ3n) is 8.88. The van der Waals surface area contributed by atoms with Crippen LogP contribution in [0.25, 0.3) is 22.6 Å². The third kappa shape index (κ3) is 6.49. The number of benzene rings is 3. The fourth-order valence-electron chi connectivity index (χ4n) is 6.13. The van der Waals surface area contributed by atoms with Crippen LogP contribution < -0.4 is 10.1 Å². The molecule has 0 radical (unpaired) electrons. The molecule has 244 valence electrons. The number of aryl methyl sites for hydroxylation is 1. The van der Waals surface area contributed by atoms with Gasteiger partial charge in [0.2, 0.25) is 0 Å². The van der Waals surface area contributed by atoms with Crippen molar-refractivity contribution in [2.45, 2.75) is 52.6 Å². The molecular weight excluding hydrogens is 598 g/mol. The lowest BCUT2D eigenvalue weighted by molar-refractivity contribution is 0.102. The van der Waals surface area contributed by atoms with E-state index in [4.69, 9.17) is 9.84 Å². The maximum Gasteiger partial charge on any atom is 0.255 e. The second-order valence-electron chi connectivity index (χ2n) is 13.5. The average molecular weight is 640 g/mol. The number of nitrogens with zero attached hydrogens (tertiary/aromatic N) is 6. The van der Waals surface area contributed by atoms with Gasteiger partial charge in [0, 0.05) is 54.6 Å². The summed E-state index contributed by atoms with van der Waals surface area (Å²) < 4.78 is 11.2. The number of nitrogens with one attached hydrogen (secondary N) is 1. The van der Waals surface area contributed by atoms with Crippen molar-refractivity contribution < 1.29 is 9.53 Å². The zero-order valence-electron chi connectivity index (χ0n) is 28.1. The lowest BCUT2D eigenvalue weighted by Gasteiger charge is -2.23. The van der Waals surface area contributed by atoms with E-state index in [1.54, 1.807) is 7.11 Å². The molecule has 0 saturated carbocycles. The first-order valence-electron chi connectivity index (χ1n) is 16.3. The van der Waals surface area contributed by atoms with Crippen molar-refractivity contribution in [2.24, 2.45) is 0 Å². The van der Waals surface area contributed by atoms with Gasteiger partial charge < -0.3 is 15.0 Å². The summed E-state index contributed by atoms with van der Waals surface area (Å²) in [6.45, 7) is 11.1. The molecule has 0 fully saturated rings. The van der Waals surface area contributed by atoms with Crippen molar-refractivity contribution >= 4 is 17.2 Å². The van der Waals surface area contributed by atoms with Crippen molar-refractivity contribution in [2.75, 3.05) is 19.0 Å². The fraction of sp³-hybridized carbons (Fsp3) is 0.256. The summed E-state index contributed by atoms with van der Waals surface area (Å²) in [6, 6.07) is 22.4. The average Bonchev–Trinajstić information content (AvgIpc) is 3.88. The van der Waals surface area contributed by atoms with Crippen molar-refractivity contribution in [1.29, 1.82) is 0 Å². The molecule has 9 nitrogen and oxygen atoms in total. The van der Waals surface area contributed by atoms with Crippen molar-refractivity contribution in [3.05, 3.63) is 132 Å². The van der Waals surface area contributed by atoms with Crippen molar-refractivity contribution in [1.82, 2.24) is 28.9 Å². The van der Waals surface area contributed by atoms with Crippen LogP contribution in [0.5, 0.6) is 5.75 Å². The van der Waals surface area contributed by atoms with E-state index in [1.165, 1.54) is 0 Å². The Morgan fingerprint density at radius 1 is 0.958 bits per heavy atom. The zero-order valence-corrected chi connectivity index (χ0v) is 28.1.